The minimum absolute atomic E-state index is 0. The number of nitrogens with zero attached hydrogens (tertiary/aromatic N) is 1. The molecule has 1 aromatic heterocycles. The van der Waals surface area contributed by atoms with Crippen LogP contribution in [0.5, 0.6) is 0 Å². The summed E-state index contributed by atoms with van der Waals surface area (Å²) in [6.07, 6.45) is 3.23. The molecule has 142 valence electrons. The van der Waals surface area contributed by atoms with Crippen molar-refractivity contribution in [1.29, 1.82) is 0 Å². The largest absolute Gasteiger partial charge is 0.347 e. The van der Waals surface area contributed by atoms with Gasteiger partial charge in [-0.3, -0.25) is 0 Å². The van der Waals surface area contributed by atoms with Crippen molar-refractivity contribution >= 4 is 33.1 Å². The molecule has 0 saturated carbocycles. The summed E-state index contributed by atoms with van der Waals surface area (Å²) in [5.74, 6) is -0.446. The molecule has 2 aromatic carbocycles. The van der Waals surface area contributed by atoms with Crippen LogP contribution in [0.2, 0.25) is 0 Å². The third-order valence-electron chi connectivity index (χ3n) is 5.80. The molecule has 1 fully saturated rings. The van der Waals surface area contributed by atoms with E-state index >= 15 is 0 Å². The first kappa shape index (κ1) is 18.5. The first-order valence-corrected chi connectivity index (χ1v) is 10.3. The molecule has 7 heteroatoms. The lowest BCUT2D eigenvalue weighted by Crippen LogP contribution is -2.32. The summed E-state index contributed by atoms with van der Waals surface area (Å²) in [4.78, 5) is 0.368. The molecule has 5 rings (SSSR count). The highest BCUT2D eigenvalue weighted by atomic mass is 35.5. The average molecular weight is 407 g/mol. The number of halogens is 2. The second-order valence-electron chi connectivity index (χ2n) is 7.25. The summed E-state index contributed by atoms with van der Waals surface area (Å²) < 4.78 is 41.3. The van der Waals surface area contributed by atoms with Crippen molar-refractivity contribution in [3.63, 3.8) is 0 Å². The summed E-state index contributed by atoms with van der Waals surface area (Å²) in [6.45, 7) is 0. The molecule has 0 radical (unpaired) electrons. The molecule has 3 aromatic rings. The third-order valence-corrected chi connectivity index (χ3v) is 7.57. The quantitative estimate of drug-likeness (QED) is 0.656. The van der Waals surface area contributed by atoms with E-state index in [1.165, 1.54) is 35.5 Å². The average Bonchev–Trinajstić information content (AvgIpc) is 3.14. The van der Waals surface area contributed by atoms with Crippen molar-refractivity contribution in [2.24, 2.45) is 7.05 Å². The van der Waals surface area contributed by atoms with Gasteiger partial charge in [0.1, 0.15) is 5.82 Å². The van der Waals surface area contributed by atoms with E-state index in [4.69, 9.17) is 0 Å². The van der Waals surface area contributed by atoms with E-state index in [1.54, 1.807) is 12.1 Å². The molecule has 0 spiro atoms. The minimum atomic E-state index is -3.67. The summed E-state index contributed by atoms with van der Waals surface area (Å²) in [6, 6.07) is 11.1. The normalized spacial score (nSPS) is 21.1. The molecule has 1 saturated heterocycles. The Morgan fingerprint density at radius 2 is 1.78 bits per heavy atom. The van der Waals surface area contributed by atoms with Crippen molar-refractivity contribution in [2.75, 3.05) is 0 Å². The molecule has 2 bridgehead atoms. The molecule has 0 amide bonds. The van der Waals surface area contributed by atoms with Gasteiger partial charge in [-0.2, -0.15) is 0 Å². The Bertz CT molecular complexity index is 1140. The van der Waals surface area contributed by atoms with Gasteiger partial charge < -0.3 is 9.88 Å². The number of rotatable bonds is 2. The molecule has 27 heavy (non-hydrogen) atoms. The molecule has 2 unspecified atom stereocenters. The number of aromatic nitrogens is 1. The van der Waals surface area contributed by atoms with Crippen LogP contribution in [-0.2, 0) is 23.3 Å². The van der Waals surface area contributed by atoms with E-state index in [0.717, 1.165) is 30.2 Å². The third kappa shape index (κ3) is 2.70. The van der Waals surface area contributed by atoms with Crippen LogP contribution in [0.15, 0.2) is 52.3 Å². The lowest BCUT2D eigenvalue weighted by atomic mass is 9.99. The molecule has 2 atom stereocenters. The molecule has 3 heterocycles. The zero-order valence-electron chi connectivity index (χ0n) is 14.8. The fourth-order valence-corrected chi connectivity index (χ4v) is 5.79. The highest BCUT2D eigenvalue weighted by molar-refractivity contribution is 7.91. The van der Waals surface area contributed by atoms with Gasteiger partial charge in [-0.25, -0.2) is 12.8 Å². The van der Waals surface area contributed by atoms with Gasteiger partial charge in [-0.15, -0.1) is 12.4 Å². The van der Waals surface area contributed by atoms with Gasteiger partial charge in [0.15, 0.2) is 0 Å². The topological polar surface area (TPSA) is 51.1 Å². The van der Waals surface area contributed by atoms with E-state index in [0.29, 0.717) is 12.1 Å². The lowest BCUT2D eigenvalue weighted by molar-refractivity contribution is 0.503. The second kappa shape index (κ2) is 6.33. The molecule has 4 nitrogen and oxygen atoms in total. The first-order chi connectivity index (χ1) is 12.4. The van der Waals surface area contributed by atoms with Crippen molar-refractivity contribution in [2.45, 2.75) is 41.1 Å². The number of sulfone groups is 1. The SMILES string of the molecule is Cl.Cn1c2c(c3cc(S(=O)(=O)c4ccc(F)cc4)ccc31)C1CCC(C2)N1. The van der Waals surface area contributed by atoms with Crippen LogP contribution in [0.1, 0.15) is 30.1 Å². The maximum atomic E-state index is 13.2. The molecule has 2 aliphatic heterocycles. The lowest BCUT2D eigenvalue weighted by Gasteiger charge is -2.23. The summed E-state index contributed by atoms with van der Waals surface area (Å²) >= 11 is 0. The number of fused-ring (bicyclic) bond motifs is 6. The van der Waals surface area contributed by atoms with Gasteiger partial charge in [-0.1, -0.05) is 0 Å². The minimum Gasteiger partial charge on any atom is -0.347 e. The number of nitrogens with one attached hydrogen (secondary N) is 1. The van der Waals surface area contributed by atoms with E-state index < -0.39 is 15.7 Å². The number of benzene rings is 2. The van der Waals surface area contributed by atoms with Gasteiger partial charge >= 0.3 is 0 Å². The van der Waals surface area contributed by atoms with Crippen LogP contribution in [0.4, 0.5) is 4.39 Å². The monoisotopic (exact) mass is 406 g/mol. The van der Waals surface area contributed by atoms with Gasteiger partial charge in [0.25, 0.3) is 0 Å². The van der Waals surface area contributed by atoms with Gasteiger partial charge in [0.05, 0.1) is 9.79 Å². The van der Waals surface area contributed by atoms with Crippen LogP contribution >= 0.6 is 12.4 Å². The molecule has 0 aliphatic carbocycles. The fraction of sp³-hybridized carbons (Fsp3) is 0.300. The van der Waals surface area contributed by atoms with Crippen LogP contribution < -0.4 is 5.32 Å². The van der Waals surface area contributed by atoms with Crippen molar-refractivity contribution < 1.29 is 12.8 Å². The van der Waals surface area contributed by atoms with Crippen molar-refractivity contribution in [3.05, 3.63) is 59.5 Å². The first-order valence-electron chi connectivity index (χ1n) is 8.83. The smallest absolute Gasteiger partial charge is 0.206 e. The van der Waals surface area contributed by atoms with Gasteiger partial charge in [0, 0.05) is 42.1 Å². The van der Waals surface area contributed by atoms with Crippen molar-refractivity contribution in [1.82, 2.24) is 9.88 Å². The van der Waals surface area contributed by atoms with E-state index in [-0.39, 0.29) is 22.2 Å². The summed E-state index contributed by atoms with van der Waals surface area (Å²) in [5, 5.41) is 4.65. The van der Waals surface area contributed by atoms with Crippen LogP contribution in [0, 0.1) is 5.82 Å². The predicted molar refractivity (Wildman–Crippen MR) is 105 cm³/mol. The van der Waals surface area contributed by atoms with Crippen LogP contribution in [-0.4, -0.2) is 19.0 Å². The predicted octanol–water partition coefficient (Wildman–Crippen LogP) is 3.92. The van der Waals surface area contributed by atoms with E-state index in [9.17, 15) is 12.8 Å². The van der Waals surface area contributed by atoms with Crippen LogP contribution in [0.25, 0.3) is 10.9 Å². The fourth-order valence-electron chi connectivity index (χ4n) is 4.50. The molecule has 1 N–H and O–H groups in total. The van der Waals surface area contributed by atoms with Crippen molar-refractivity contribution in [3.8, 4) is 0 Å². The standard InChI is InChI=1S/C20H19FN2O2S.ClH/c1-23-18-9-7-15(26(24,25)14-5-2-12(21)3-6-14)11-16(18)20-17-8-4-13(22-17)10-19(20)23;/h2-3,5-7,9,11,13,17,22H,4,8,10H2,1H3;1H. The second-order valence-corrected chi connectivity index (χ2v) is 9.20. The summed E-state index contributed by atoms with van der Waals surface area (Å²) in [5.41, 5.74) is 3.61. The van der Waals surface area contributed by atoms with Gasteiger partial charge in [-0.05, 0) is 60.9 Å². The Labute approximate surface area is 163 Å². The Morgan fingerprint density at radius 3 is 2.52 bits per heavy atom. The molecular weight excluding hydrogens is 387 g/mol. The zero-order valence-corrected chi connectivity index (χ0v) is 16.4. The van der Waals surface area contributed by atoms with Crippen LogP contribution in [0.3, 0.4) is 0 Å². The number of aryl methyl sites for hydroxylation is 1. The summed E-state index contributed by atoms with van der Waals surface area (Å²) in [7, 11) is -1.62. The van der Waals surface area contributed by atoms with Gasteiger partial charge in [0.2, 0.25) is 9.84 Å². The Kier molecular flexibility index (Phi) is 4.33. The number of hydrogen-bond acceptors (Lipinski definition) is 3. The molecule has 2 aliphatic rings. The van der Waals surface area contributed by atoms with E-state index in [1.807, 2.05) is 6.07 Å². The number of hydrogen-bond donors (Lipinski definition) is 1. The Hall–Kier alpha value is -1.89. The Balaban J connectivity index is 0.00000180. The molecular formula is C20H20ClFN2O2S. The highest BCUT2D eigenvalue weighted by Crippen LogP contribution is 2.42. The maximum Gasteiger partial charge on any atom is 0.206 e. The maximum absolute atomic E-state index is 13.2. The Morgan fingerprint density at radius 1 is 1.07 bits per heavy atom. The highest BCUT2D eigenvalue weighted by Gasteiger charge is 2.36. The zero-order chi connectivity index (χ0) is 18.1. The van der Waals surface area contributed by atoms with E-state index in [2.05, 4.69) is 16.9 Å².